The second kappa shape index (κ2) is 7.66. The van der Waals surface area contributed by atoms with Crippen LogP contribution in [0.3, 0.4) is 0 Å². The van der Waals surface area contributed by atoms with Crippen LogP contribution >= 0.6 is 12.2 Å². The van der Waals surface area contributed by atoms with Crippen molar-refractivity contribution < 1.29 is 14.2 Å². The first kappa shape index (κ1) is 16.1. The molecule has 0 unspecified atom stereocenters. The minimum atomic E-state index is 0.289. The van der Waals surface area contributed by atoms with Crippen molar-refractivity contribution >= 4 is 17.2 Å². The van der Waals surface area contributed by atoms with Crippen molar-refractivity contribution in [3.8, 4) is 17.2 Å². The number of benzene rings is 2. The molecule has 0 radical (unpaired) electrons. The molecule has 2 aromatic rings. The fourth-order valence-corrected chi connectivity index (χ4v) is 2.14. The van der Waals surface area contributed by atoms with Gasteiger partial charge in [0.2, 0.25) is 0 Å². The number of hydrogen-bond acceptors (Lipinski definition) is 4. The van der Waals surface area contributed by atoms with Crippen molar-refractivity contribution in [3.63, 3.8) is 0 Å². The molecule has 0 heterocycles. The summed E-state index contributed by atoms with van der Waals surface area (Å²) in [4.78, 5) is 0.289. The maximum absolute atomic E-state index is 5.72. The van der Waals surface area contributed by atoms with E-state index in [1.807, 2.05) is 31.2 Å². The summed E-state index contributed by atoms with van der Waals surface area (Å²) in [5.41, 5.74) is 7.54. The molecule has 5 heteroatoms. The fourth-order valence-electron chi connectivity index (χ4n) is 1.97. The van der Waals surface area contributed by atoms with Crippen LogP contribution in [0.25, 0.3) is 0 Å². The minimum absolute atomic E-state index is 0.289. The number of aryl methyl sites for hydroxylation is 1. The van der Waals surface area contributed by atoms with Gasteiger partial charge < -0.3 is 19.9 Å². The SMILES string of the molecule is COc1ccc(C(N)=S)c(OCCOc2cccc(C)c2)c1. The number of rotatable bonds is 7. The normalized spacial score (nSPS) is 10.1. The van der Waals surface area contributed by atoms with Gasteiger partial charge in [0.25, 0.3) is 0 Å². The molecule has 0 aliphatic carbocycles. The Morgan fingerprint density at radius 2 is 1.82 bits per heavy atom. The molecular weight excluding hydrogens is 298 g/mol. The van der Waals surface area contributed by atoms with Gasteiger partial charge in [0.1, 0.15) is 35.5 Å². The molecule has 2 N–H and O–H groups in total. The molecule has 4 nitrogen and oxygen atoms in total. The Morgan fingerprint density at radius 1 is 1.05 bits per heavy atom. The molecule has 22 heavy (non-hydrogen) atoms. The molecule has 0 atom stereocenters. The Kier molecular flexibility index (Phi) is 5.61. The Labute approximate surface area is 135 Å². The van der Waals surface area contributed by atoms with E-state index in [1.54, 1.807) is 25.3 Å². The first-order chi connectivity index (χ1) is 10.6. The summed E-state index contributed by atoms with van der Waals surface area (Å²) in [6, 6.07) is 13.2. The highest BCUT2D eigenvalue weighted by atomic mass is 32.1. The third kappa shape index (κ3) is 4.36. The van der Waals surface area contributed by atoms with E-state index >= 15 is 0 Å². The molecule has 116 valence electrons. The quantitative estimate of drug-likeness (QED) is 0.628. The van der Waals surface area contributed by atoms with Crippen molar-refractivity contribution in [1.29, 1.82) is 0 Å². The Hall–Kier alpha value is -2.27. The van der Waals surface area contributed by atoms with Crippen LogP contribution in [0.1, 0.15) is 11.1 Å². The first-order valence-corrected chi connectivity index (χ1v) is 7.31. The standard InChI is InChI=1S/C17H19NO3S/c1-12-4-3-5-14(10-12)20-8-9-21-16-11-13(19-2)6-7-15(16)17(18)22/h3-7,10-11H,8-9H2,1-2H3,(H2,18,22). The second-order valence-electron chi connectivity index (χ2n) is 4.74. The molecule has 2 aromatic carbocycles. The molecule has 0 fully saturated rings. The summed E-state index contributed by atoms with van der Waals surface area (Å²) in [6.07, 6.45) is 0. The third-order valence-electron chi connectivity index (χ3n) is 3.05. The van der Waals surface area contributed by atoms with Gasteiger partial charge in [-0.05, 0) is 36.8 Å². The van der Waals surface area contributed by atoms with E-state index in [4.69, 9.17) is 32.2 Å². The van der Waals surface area contributed by atoms with Gasteiger partial charge in [0.15, 0.2) is 0 Å². The number of hydrogen-bond donors (Lipinski definition) is 1. The minimum Gasteiger partial charge on any atom is -0.497 e. The van der Waals surface area contributed by atoms with E-state index in [-0.39, 0.29) is 4.99 Å². The fraction of sp³-hybridized carbons (Fsp3) is 0.235. The van der Waals surface area contributed by atoms with E-state index < -0.39 is 0 Å². The van der Waals surface area contributed by atoms with E-state index in [9.17, 15) is 0 Å². The van der Waals surface area contributed by atoms with Crippen molar-refractivity contribution in [2.45, 2.75) is 6.92 Å². The summed E-state index contributed by atoms with van der Waals surface area (Å²) in [5.74, 6) is 2.11. The largest absolute Gasteiger partial charge is 0.497 e. The summed E-state index contributed by atoms with van der Waals surface area (Å²) in [5, 5.41) is 0. The monoisotopic (exact) mass is 317 g/mol. The Balaban J connectivity index is 1.94. The Bertz CT molecular complexity index is 658. The smallest absolute Gasteiger partial charge is 0.133 e. The van der Waals surface area contributed by atoms with E-state index in [0.717, 1.165) is 11.3 Å². The molecule has 0 amide bonds. The van der Waals surface area contributed by atoms with Gasteiger partial charge in [-0.15, -0.1) is 0 Å². The summed E-state index contributed by atoms with van der Waals surface area (Å²) in [7, 11) is 1.60. The zero-order valence-corrected chi connectivity index (χ0v) is 13.5. The topological polar surface area (TPSA) is 53.7 Å². The molecule has 0 saturated heterocycles. The highest BCUT2D eigenvalue weighted by Gasteiger charge is 2.08. The lowest BCUT2D eigenvalue weighted by Crippen LogP contribution is -2.14. The summed E-state index contributed by atoms with van der Waals surface area (Å²) in [6.45, 7) is 2.84. The van der Waals surface area contributed by atoms with E-state index in [0.29, 0.717) is 30.3 Å². The molecule has 0 aromatic heterocycles. The van der Waals surface area contributed by atoms with Gasteiger partial charge in [-0.2, -0.15) is 0 Å². The van der Waals surface area contributed by atoms with Gasteiger partial charge >= 0.3 is 0 Å². The number of methoxy groups -OCH3 is 1. The van der Waals surface area contributed by atoms with Gasteiger partial charge in [-0.25, -0.2) is 0 Å². The molecule has 2 rings (SSSR count). The van der Waals surface area contributed by atoms with Crippen molar-refractivity contribution in [2.24, 2.45) is 5.73 Å². The maximum Gasteiger partial charge on any atom is 0.133 e. The number of nitrogens with two attached hydrogens (primary N) is 1. The van der Waals surface area contributed by atoms with Crippen LogP contribution < -0.4 is 19.9 Å². The van der Waals surface area contributed by atoms with Crippen molar-refractivity contribution in [3.05, 3.63) is 53.6 Å². The van der Waals surface area contributed by atoms with Crippen molar-refractivity contribution in [1.82, 2.24) is 0 Å². The third-order valence-corrected chi connectivity index (χ3v) is 3.27. The highest BCUT2D eigenvalue weighted by molar-refractivity contribution is 7.80. The number of ether oxygens (including phenoxy) is 3. The van der Waals surface area contributed by atoms with Crippen LogP contribution in [0.4, 0.5) is 0 Å². The van der Waals surface area contributed by atoms with Crippen molar-refractivity contribution in [2.75, 3.05) is 20.3 Å². The van der Waals surface area contributed by atoms with Crippen LogP contribution in [-0.4, -0.2) is 25.3 Å². The molecule has 0 saturated carbocycles. The Morgan fingerprint density at radius 3 is 2.50 bits per heavy atom. The predicted molar refractivity (Wildman–Crippen MR) is 91.1 cm³/mol. The van der Waals surface area contributed by atoms with Gasteiger partial charge in [-0.1, -0.05) is 24.4 Å². The zero-order valence-electron chi connectivity index (χ0n) is 12.7. The second-order valence-corrected chi connectivity index (χ2v) is 5.18. The zero-order chi connectivity index (χ0) is 15.9. The van der Waals surface area contributed by atoms with Crippen LogP contribution in [0, 0.1) is 6.92 Å². The average molecular weight is 317 g/mol. The lowest BCUT2D eigenvalue weighted by Gasteiger charge is -2.13. The highest BCUT2D eigenvalue weighted by Crippen LogP contribution is 2.24. The lowest BCUT2D eigenvalue weighted by atomic mass is 10.2. The van der Waals surface area contributed by atoms with Crippen LogP contribution in [0.5, 0.6) is 17.2 Å². The molecule has 0 bridgehead atoms. The predicted octanol–water partition coefficient (Wildman–Crippen LogP) is 3.10. The van der Waals surface area contributed by atoms with Crippen LogP contribution in [0.15, 0.2) is 42.5 Å². The summed E-state index contributed by atoms with van der Waals surface area (Å²) >= 11 is 5.02. The molecule has 0 spiro atoms. The number of thiocarbonyl (C=S) groups is 1. The van der Waals surface area contributed by atoms with Crippen LogP contribution in [-0.2, 0) is 0 Å². The van der Waals surface area contributed by atoms with E-state index in [1.165, 1.54) is 0 Å². The molecule has 0 aliphatic heterocycles. The van der Waals surface area contributed by atoms with Gasteiger partial charge in [0, 0.05) is 6.07 Å². The van der Waals surface area contributed by atoms with Gasteiger partial charge in [-0.3, -0.25) is 0 Å². The average Bonchev–Trinajstić information content (AvgIpc) is 2.51. The molecule has 0 aliphatic rings. The van der Waals surface area contributed by atoms with E-state index in [2.05, 4.69) is 0 Å². The maximum atomic E-state index is 5.72. The lowest BCUT2D eigenvalue weighted by molar-refractivity contribution is 0.216. The molecular formula is C17H19NO3S. The van der Waals surface area contributed by atoms with Gasteiger partial charge in [0.05, 0.1) is 12.7 Å². The first-order valence-electron chi connectivity index (χ1n) is 6.90. The van der Waals surface area contributed by atoms with Crippen LogP contribution in [0.2, 0.25) is 0 Å². The summed E-state index contributed by atoms with van der Waals surface area (Å²) < 4.78 is 16.5.